The number of rotatable bonds is 6. The molecule has 0 fully saturated rings. The Morgan fingerprint density at radius 1 is 1.52 bits per heavy atom. The predicted molar refractivity (Wildman–Crippen MR) is 79.0 cm³/mol. The molecule has 1 unspecified atom stereocenters. The highest BCUT2D eigenvalue weighted by Crippen LogP contribution is 2.25. The fourth-order valence-corrected chi connectivity index (χ4v) is 1.93. The standard InChI is InChI=1S/C13H20N4O4/c1-13(2,3)6-8(12(18)19)7-15-10-5-4-9(17(20)21)11(14)16-10/h4-5,8H,6-7H2,1-3H3,(H,18,19)(H3,14,15,16). The number of nitro groups is 1. The fourth-order valence-electron chi connectivity index (χ4n) is 1.93. The molecular weight excluding hydrogens is 276 g/mol. The van der Waals surface area contributed by atoms with E-state index in [1.165, 1.54) is 12.1 Å². The first-order valence-corrected chi connectivity index (χ1v) is 6.48. The summed E-state index contributed by atoms with van der Waals surface area (Å²) in [5.74, 6) is -1.36. The molecule has 1 heterocycles. The Hall–Kier alpha value is -2.38. The van der Waals surface area contributed by atoms with Gasteiger partial charge in [-0.25, -0.2) is 4.98 Å². The second-order valence-electron chi connectivity index (χ2n) is 6.04. The van der Waals surface area contributed by atoms with E-state index < -0.39 is 16.8 Å². The lowest BCUT2D eigenvalue weighted by Crippen LogP contribution is -2.27. The van der Waals surface area contributed by atoms with E-state index in [0.717, 1.165) is 0 Å². The zero-order chi connectivity index (χ0) is 16.2. The van der Waals surface area contributed by atoms with Crippen LogP contribution in [0.25, 0.3) is 0 Å². The minimum absolute atomic E-state index is 0.118. The Kier molecular flexibility index (Phi) is 5.07. The molecule has 1 atom stereocenters. The summed E-state index contributed by atoms with van der Waals surface area (Å²) in [6, 6.07) is 2.65. The molecule has 0 aromatic carbocycles. The van der Waals surface area contributed by atoms with Crippen LogP contribution < -0.4 is 11.1 Å². The first-order chi connectivity index (χ1) is 9.60. The number of nitrogens with one attached hydrogen (secondary N) is 1. The van der Waals surface area contributed by atoms with Gasteiger partial charge in [0.05, 0.1) is 10.8 Å². The number of pyridine rings is 1. The van der Waals surface area contributed by atoms with Crippen LogP contribution in [0, 0.1) is 21.4 Å². The molecule has 0 spiro atoms. The van der Waals surface area contributed by atoms with Crippen molar-refractivity contribution in [3.05, 3.63) is 22.2 Å². The predicted octanol–water partition coefficient (Wildman–Crippen LogP) is 2.12. The Morgan fingerprint density at radius 3 is 2.57 bits per heavy atom. The van der Waals surface area contributed by atoms with Gasteiger partial charge in [0, 0.05) is 12.6 Å². The average Bonchev–Trinajstić information content (AvgIpc) is 2.32. The van der Waals surface area contributed by atoms with Gasteiger partial charge in [0.2, 0.25) is 5.82 Å². The van der Waals surface area contributed by atoms with Crippen LogP contribution in [0.2, 0.25) is 0 Å². The zero-order valence-electron chi connectivity index (χ0n) is 12.3. The van der Waals surface area contributed by atoms with Crippen molar-refractivity contribution < 1.29 is 14.8 Å². The minimum Gasteiger partial charge on any atom is -0.481 e. The van der Waals surface area contributed by atoms with Gasteiger partial charge in [-0.05, 0) is 17.9 Å². The van der Waals surface area contributed by atoms with Crippen molar-refractivity contribution in [1.29, 1.82) is 0 Å². The third kappa shape index (κ3) is 5.25. The molecule has 0 aliphatic carbocycles. The topological polar surface area (TPSA) is 131 Å². The number of carboxylic acid groups (broad SMARTS) is 1. The Balaban J connectivity index is 2.75. The molecule has 4 N–H and O–H groups in total. The maximum absolute atomic E-state index is 11.2. The molecule has 0 aliphatic heterocycles. The van der Waals surface area contributed by atoms with Crippen LogP contribution in [0.4, 0.5) is 17.3 Å². The molecular formula is C13H20N4O4. The summed E-state index contributed by atoms with van der Waals surface area (Å²) in [6.07, 6.45) is 0.498. The van der Waals surface area contributed by atoms with Crippen LogP contribution in [0.1, 0.15) is 27.2 Å². The molecule has 8 heteroatoms. The molecule has 0 bridgehead atoms. The molecule has 1 aromatic heterocycles. The third-order valence-electron chi connectivity index (χ3n) is 2.84. The van der Waals surface area contributed by atoms with E-state index in [0.29, 0.717) is 12.2 Å². The van der Waals surface area contributed by atoms with Gasteiger partial charge in [-0.15, -0.1) is 0 Å². The summed E-state index contributed by atoms with van der Waals surface area (Å²) < 4.78 is 0. The van der Waals surface area contributed by atoms with E-state index in [-0.39, 0.29) is 23.5 Å². The van der Waals surface area contributed by atoms with Crippen LogP contribution in [0.5, 0.6) is 0 Å². The van der Waals surface area contributed by atoms with E-state index in [9.17, 15) is 20.0 Å². The smallest absolute Gasteiger partial charge is 0.311 e. The Morgan fingerprint density at radius 2 is 2.14 bits per heavy atom. The van der Waals surface area contributed by atoms with Gasteiger partial charge >= 0.3 is 11.7 Å². The number of aromatic nitrogens is 1. The highest BCUT2D eigenvalue weighted by Gasteiger charge is 2.24. The second kappa shape index (κ2) is 6.38. The van der Waals surface area contributed by atoms with Crippen molar-refractivity contribution >= 4 is 23.3 Å². The first kappa shape index (κ1) is 16.7. The highest BCUT2D eigenvalue weighted by atomic mass is 16.6. The van der Waals surface area contributed by atoms with E-state index in [2.05, 4.69) is 10.3 Å². The van der Waals surface area contributed by atoms with Crippen LogP contribution in [-0.4, -0.2) is 27.5 Å². The molecule has 116 valence electrons. The number of carbonyl (C=O) groups is 1. The number of nitrogens with two attached hydrogens (primary N) is 1. The number of nitrogen functional groups attached to an aromatic ring is 1. The summed E-state index contributed by atoms with van der Waals surface area (Å²) in [5.41, 5.74) is 5.09. The van der Waals surface area contributed by atoms with Gasteiger partial charge in [0.1, 0.15) is 5.82 Å². The van der Waals surface area contributed by atoms with Gasteiger partial charge in [-0.2, -0.15) is 0 Å². The highest BCUT2D eigenvalue weighted by molar-refractivity contribution is 5.71. The monoisotopic (exact) mass is 296 g/mol. The van der Waals surface area contributed by atoms with Crippen molar-refractivity contribution in [2.24, 2.45) is 11.3 Å². The van der Waals surface area contributed by atoms with Crippen molar-refractivity contribution in [2.45, 2.75) is 27.2 Å². The molecule has 0 saturated carbocycles. The van der Waals surface area contributed by atoms with E-state index in [1.807, 2.05) is 20.8 Å². The van der Waals surface area contributed by atoms with E-state index in [4.69, 9.17) is 5.73 Å². The summed E-state index contributed by atoms with van der Waals surface area (Å²) >= 11 is 0. The molecule has 0 amide bonds. The van der Waals surface area contributed by atoms with Crippen LogP contribution in [0.15, 0.2) is 12.1 Å². The summed E-state index contributed by atoms with van der Waals surface area (Å²) in [5, 5.41) is 22.7. The molecule has 21 heavy (non-hydrogen) atoms. The molecule has 0 aliphatic rings. The zero-order valence-corrected chi connectivity index (χ0v) is 12.3. The SMILES string of the molecule is CC(C)(C)CC(CNc1ccc([N+](=O)[O-])c(N)n1)C(=O)O. The Labute approximate surface area is 122 Å². The minimum atomic E-state index is -0.896. The molecule has 0 saturated heterocycles. The first-order valence-electron chi connectivity index (χ1n) is 6.48. The van der Waals surface area contributed by atoms with Gasteiger partial charge < -0.3 is 16.2 Å². The van der Waals surface area contributed by atoms with Crippen molar-refractivity contribution in [2.75, 3.05) is 17.6 Å². The van der Waals surface area contributed by atoms with E-state index in [1.54, 1.807) is 0 Å². The van der Waals surface area contributed by atoms with Crippen molar-refractivity contribution in [3.63, 3.8) is 0 Å². The number of aliphatic carboxylic acids is 1. The number of anilines is 2. The molecule has 8 nitrogen and oxygen atoms in total. The fraction of sp³-hybridized carbons (Fsp3) is 0.538. The van der Waals surface area contributed by atoms with Gasteiger partial charge in [-0.3, -0.25) is 14.9 Å². The van der Waals surface area contributed by atoms with Crippen molar-refractivity contribution in [1.82, 2.24) is 4.98 Å². The van der Waals surface area contributed by atoms with Gasteiger partial charge in [-0.1, -0.05) is 20.8 Å². The lowest BCUT2D eigenvalue weighted by molar-refractivity contribution is -0.384. The van der Waals surface area contributed by atoms with Crippen LogP contribution in [-0.2, 0) is 4.79 Å². The summed E-state index contributed by atoms with van der Waals surface area (Å²) in [7, 11) is 0. The third-order valence-corrected chi connectivity index (χ3v) is 2.84. The maximum Gasteiger partial charge on any atom is 0.311 e. The number of nitrogens with zero attached hydrogens (tertiary/aromatic N) is 2. The molecule has 1 aromatic rings. The molecule has 0 radical (unpaired) electrons. The largest absolute Gasteiger partial charge is 0.481 e. The molecule has 1 rings (SSSR count). The normalized spacial score (nSPS) is 12.7. The number of hydrogen-bond acceptors (Lipinski definition) is 6. The Bertz CT molecular complexity index is 539. The quantitative estimate of drug-likeness (QED) is 0.541. The van der Waals surface area contributed by atoms with Gasteiger partial charge in [0.15, 0.2) is 0 Å². The van der Waals surface area contributed by atoms with Crippen LogP contribution >= 0.6 is 0 Å². The number of carboxylic acids is 1. The van der Waals surface area contributed by atoms with Crippen LogP contribution in [0.3, 0.4) is 0 Å². The van der Waals surface area contributed by atoms with Gasteiger partial charge in [0.25, 0.3) is 0 Å². The summed E-state index contributed by atoms with van der Waals surface area (Å²) in [4.78, 5) is 25.1. The van der Waals surface area contributed by atoms with Crippen molar-refractivity contribution in [3.8, 4) is 0 Å². The summed E-state index contributed by atoms with van der Waals surface area (Å²) in [6.45, 7) is 6.07. The lowest BCUT2D eigenvalue weighted by Gasteiger charge is -2.23. The average molecular weight is 296 g/mol. The second-order valence-corrected chi connectivity index (χ2v) is 6.04. The maximum atomic E-state index is 11.2. The number of hydrogen-bond donors (Lipinski definition) is 3. The lowest BCUT2D eigenvalue weighted by atomic mass is 9.84. The van der Waals surface area contributed by atoms with E-state index >= 15 is 0 Å².